The molecule has 0 radical (unpaired) electrons. The average molecular weight is 256 g/mol. The van der Waals surface area contributed by atoms with E-state index in [2.05, 4.69) is 10.00 Å². The molecule has 1 N–H and O–H groups in total. The van der Waals surface area contributed by atoms with Crippen molar-refractivity contribution in [3.63, 3.8) is 0 Å². The van der Waals surface area contributed by atoms with Gasteiger partial charge in [0.15, 0.2) is 0 Å². The van der Waals surface area contributed by atoms with E-state index in [-0.39, 0.29) is 0 Å². The molecule has 4 nitrogen and oxygen atoms in total. The van der Waals surface area contributed by atoms with Gasteiger partial charge in [-0.3, -0.25) is 9.58 Å². The summed E-state index contributed by atoms with van der Waals surface area (Å²) in [6.07, 6.45) is 2.38. The molecule has 94 valence electrons. The van der Waals surface area contributed by atoms with Gasteiger partial charge in [-0.1, -0.05) is 11.6 Å². The molecule has 0 bridgehead atoms. The normalized spacial score (nSPS) is 23.8. The summed E-state index contributed by atoms with van der Waals surface area (Å²) in [5.74, 6) is 0.544. The Labute approximate surface area is 106 Å². The van der Waals surface area contributed by atoms with E-state index in [4.69, 9.17) is 11.6 Å². The fraction of sp³-hybridized carbons (Fsp3) is 0.750. The fourth-order valence-electron chi connectivity index (χ4n) is 2.78. The van der Waals surface area contributed by atoms with Gasteiger partial charge in [-0.25, -0.2) is 0 Å². The van der Waals surface area contributed by atoms with Gasteiger partial charge in [0.1, 0.15) is 0 Å². The second-order valence-electron chi connectivity index (χ2n) is 5.49. The van der Waals surface area contributed by atoms with Crippen LogP contribution in [-0.2, 0) is 13.6 Å². The number of hydrogen-bond donors (Lipinski definition) is 1. The Balaban J connectivity index is 1.65. The minimum absolute atomic E-state index is 0.417. The van der Waals surface area contributed by atoms with Gasteiger partial charge in [0, 0.05) is 26.7 Å². The van der Waals surface area contributed by atoms with Crippen molar-refractivity contribution in [2.75, 3.05) is 13.1 Å². The summed E-state index contributed by atoms with van der Waals surface area (Å²) in [6, 6.07) is 0. The van der Waals surface area contributed by atoms with E-state index in [9.17, 15) is 5.11 Å². The molecule has 1 aliphatic heterocycles. The maximum absolute atomic E-state index is 10.2. The lowest BCUT2D eigenvalue weighted by Crippen LogP contribution is -2.62. The van der Waals surface area contributed by atoms with Crippen LogP contribution in [-0.4, -0.2) is 38.5 Å². The van der Waals surface area contributed by atoms with Gasteiger partial charge in [-0.2, -0.15) is 5.10 Å². The molecule has 0 spiro atoms. The minimum atomic E-state index is -0.417. The maximum atomic E-state index is 10.2. The summed E-state index contributed by atoms with van der Waals surface area (Å²) < 4.78 is 1.84. The van der Waals surface area contributed by atoms with Gasteiger partial charge >= 0.3 is 0 Å². The zero-order valence-corrected chi connectivity index (χ0v) is 11.0. The Morgan fingerprint density at radius 3 is 2.59 bits per heavy atom. The van der Waals surface area contributed by atoms with Crippen LogP contribution >= 0.6 is 11.6 Å². The molecular weight excluding hydrogens is 238 g/mol. The molecule has 1 aliphatic carbocycles. The highest BCUT2D eigenvalue weighted by molar-refractivity contribution is 6.31. The molecule has 2 aliphatic rings. The van der Waals surface area contributed by atoms with Crippen LogP contribution in [0.1, 0.15) is 24.2 Å². The molecule has 17 heavy (non-hydrogen) atoms. The highest BCUT2D eigenvalue weighted by Crippen LogP contribution is 2.44. The van der Waals surface area contributed by atoms with Crippen LogP contribution in [0.25, 0.3) is 0 Å². The average Bonchev–Trinajstić information content (AvgIpc) is 3.01. The third-order valence-corrected chi connectivity index (χ3v) is 4.46. The lowest BCUT2D eigenvalue weighted by molar-refractivity contribution is -0.117. The highest BCUT2D eigenvalue weighted by Gasteiger charge is 2.51. The quantitative estimate of drug-likeness (QED) is 0.886. The van der Waals surface area contributed by atoms with Gasteiger partial charge in [0.05, 0.1) is 22.0 Å². The third kappa shape index (κ3) is 1.88. The lowest BCUT2D eigenvalue weighted by atomic mass is 9.88. The number of likely N-dealkylation sites (tertiary alicyclic amines) is 1. The second kappa shape index (κ2) is 3.70. The smallest absolute Gasteiger partial charge is 0.0928 e. The first-order valence-electron chi connectivity index (χ1n) is 6.12. The summed E-state index contributed by atoms with van der Waals surface area (Å²) >= 11 is 6.21. The number of β-amino-alcohol motifs (C(OH)–C–C–N with tert-alkyl or cyclic N) is 1. The summed E-state index contributed by atoms with van der Waals surface area (Å²) in [5.41, 5.74) is 1.50. The Kier molecular flexibility index (Phi) is 2.51. The van der Waals surface area contributed by atoms with Crippen molar-refractivity contribution in [2.45, 2.75) is 31.9 Å². The Morgan fingerprint density at radius 2 is 2.12 bits per heavy atom. The van der Waals surface area contributed by atoms with E-state index in [0.717, 1.165) is 36.0 Å². The lowest BCUT2D eigenvalue weighted by Gasteiger charge is -2.47. The first-order valence-corrected chi connectivity index (χ1v) is 6.50. The van der Waals surface area contributed by atoms with Gasteiger partial charge in [0.25, 0.3) is 0 Å². The van der Waals surface area contributed by atoms with Crippen molar-refractivity contribution in [1.29, 1.82) is 0 Å². The SMILES string of the molecule is Cc1nn(C)c(CN2CC(O)(C3CC3)C2)c1Cl. The molecule has 5 heteroatoms. The zero-order chi connectivity index (χ0) is 12.2. The number of aromatic nitrogens is 2. The van der Waals surface area contributed by atoms with Gasteiger partial charge < -0.3 is 5.11 Å². The van der Waals surface area contributed by atoms with E-state index in [1.54, 1.807) is 0 Å². The largest absolute Gasteiger partial charge is 0.387 e. The third-order valence-electron chi connectivity index (χ3n) is 3.97. The molecule has 0 amide bonds. The first kappa shape index (κ1) is 11.5. The second-order valence-corrected chi connectivity index (χ2v) is 5.87. The van der Waals surface area contributed by atoms with Crippen molar-refractivity contribution < 1.29 is 5.11 Å². The molecular formula is C12H18ClN3O. The summed E-state index contributed by atoms with van der Waals surface area (Å²) in [7, 11) is 1.92. The van der Waals surface area contributed by atoms with Crippen LogP contribution in [0, 0.1) is 12.8 Å². The Morgan fingerprint density at radius 1 is 1.47 bits per heavy atom. The molecule has 3 rings (SSSR count). The van der Waals surface area contributed by atoms with Crippen LogP contribution in [0.5, 0.6) is 0 Å². The van der Waals surface area contributed by atoms with E-state index in [1.807, 2.05) is 18.7 Å². The number of nitrogens with zero attached hydrogens (tertiary/aromatic N) is 3. The number of halogens is 1. The van der Waals surface area contributed by atoms with Crippen molar-refractivity contribution in [3.8, 4) is 0 Å². The van der Waals surface area contributed by atoms with E-state index < -0.39 is 5.60 Å². The number of aryl methyl sites for hydroxylation is 2. The number of aliphatic hydroxyl groups is 1. The van der Waals surface area contributed by atoms with Crippen LogP contribution in [0.4, 0.5) is 0 Å². The molecule has 1 aromatic rings. The maximum Gasteiger partial charge on any atom is 0.0928 e. The van der Waals surface area contributed by atoms with Crippen molar-refractivity contribution in [3.05, 3.63) is 16.4 Å². The molecule has 2 heterocycles. The predicted octanol–water partition coefficient (Wildman–Crippen LogP) is 1.34. The van der Waals surface area contributed by atoms with Gasteiger partial charge in [0.2, 0.25) is 0 Å². The van der Waals surface area contributed by atoms with Crippen molar-refractivity contribution >= 4 is 11.6 Å². The van der Waals surface area contributed by atoms with Gasteiger partial charge in [-0.05, 0) is 25.7 Å². The predicted molar refractivity (Wildman–Crippen MR) is 65.9 cm³/mol. The first-order chi connectivity index (χ1) is 7.99. The minimum Gasteiger partial charge on any atom is -0.387 e. The Bertz CT molecular complexity index is 447. The number of hydrogen-bond acceptors (Lipinski definition) is 3. The van der Waals surface area contributed by atoms with Crippen LogP contribution in [0.3, 0.4) is 0 Å². The standard InChI is InChI=1S/C12H18ClN3O/c1-8-11(13)10(15(2)14-8)5-16-6-12(17,7-16)9-3-4-9/h9,17H,3-7H2,1-2H3. The summed E-state index contributed by atoms with van der Waals surface area (Å²) in [6.45, 7) is 4.25. The van der Waals surface area contributed by atoms with Crippen molar-refractivity contribution in [1.82, 2.24) is 14.7 Å². The molecule has 0 atom stereocenters. The highest BCUT2D eigenvalue weighted by atomic mass is 35.5. The van der Waals surface area contributed by atoms with Crippen LogP contribution in [0.15, 0.2) is 0 Å². The molecule has 1 saturated carbocycles. The zero-order valence-electron chi connectivity index (χ0n) is 10.3. The molecule has 0 aromatic carbocycles. The monoisotopic (exact) mass is 255 g/mol. The molecule has 1 saturated heterocycles. The fourth-order valence-corrected chi connectivity index (χ4v) is 3.00. The van der Waals surface area contributed by atoms with E-state index in [1.165, 1.54) is 12.8 Å². The molecule has 2 fully saturated rings. The summed E-state index contributed by atoms with van der Waals surface area (Å²) in [4.78, 5) is 2.24. The van der Waals surface area contributed by atoms with Crippen LogP contribution in [0.2, 0.25) is 5.02 Å². The van der Waals surface area contributed by atoms with Gasteiger partial charge in [-0.15, -0.1) is 0 Å². The molecule has 1 aromatic heterocycles. The van der Waals surface area contributed by atoms with Crippen molar-refractivity contribution in [2.24, 2.45) is 13.0 Å². The Hall–Kier alpha value is -0.580. The summed E-state index contributed by atoms with van der Waals surface area (Å²) in [5, 5.41) is 15.3. The topological polar surface area (TPSA) is 41.3 Å². The number of rotatable bonds is 3. The van der Waals surface area contributed by atoms with E-state index in [0.29, 0.717) is 5.92 Å². The van der Waals surface area contributed by atoms with Crippen LogP contribution < -0.4 is 0 Å². The molecule has 0 unspecified atom stereocenters. The van der Waals surface area contributed by atoms with E-state index >= 15 is 0 Å².